The van der Waals surface area contributed by atoms with Crippen LogP contribution in [-0.2, 0) is 0 Å². The average molecular weight is 300 g/mol. The van der Waals surface area contributed by atoms with E-state index in [-0.39, 0.29) is 5.54 Å². The van der Waals surface area contributed by atoms with Crippen molar-refractivity contribution in [3.63, 3.8) is 0 Å². The van der Waals surface area contributed by atoms with Gasteiger partial charge in [-0.15, -0.1) is 26.3 Å². The lowest BCUT2D eigenvalue weighted by atomic mass is 9.77. The third kappa shape index (κ3) is 5.43. The summed E-state index contributed by atoms with van der Waals surface area (Å²) in [5.41, 5.74) is 10.0. The van der Waals surface area contributed by atoms with E-state index in [4.69, 9.17) is 5.73 Å². The van der Waals surface area contributed by atoms with E-state index in [1.807, 2.05) is 12.2 Å². The largest absolute Gasteiger partial charge is 0.321 e. The maximum absolute atomic E-state index is 6.70. The maximum Gasteiger partial charge on any atom is 0.0439 e. The summed E-state index contributed by atoms with van der Waals surface area (Å²) in [7, 11) is 0. The molecule has 3 N–H and O–H groups in total. The Labute approximate surface area is 136 Å². The zero-order valence-corrected chi connectivity index (χ0v) is 14.3. The van der Waals surface area contributed by atoms with Crippen LogP contribution in [0.25, 0.3) is 0 Å². The summed E-state index contributed by atoms with van der Waals surface area (Å²) in [6, 6.07) is 0.683. The van der Waals surface area contributed by atoms with Crippen LogP contribution >= 0.6 is 0 Å². The van der Waals surface area contributed by atoms with Crippen molar-refractivity contribution in [2.45, 2.75) is 63.6 Å². The maximum atomic E-state index is 6.70. The predicted octanol–water partition coefficient (Wildman–Crippen LogP) is 4.43. The lowest BCUT2D eigenvalue weighted by Crippen LogP contribution is -2.49. The molecule has 0 aromatic rings. The van der Waals surface area contributed by atoms with Crippen LogP contribution in [0, 0.1) is 0 Å². The highest BCUT2D eigenvalue weighted by Gasteiger charge is 2.32. The smallest absolute Gasteiger partial charge is 0.0439 e. The molecule has 0 bridgehead atoms. The van der Waals surface area contributed by atoms with E-state index in [1.165, 1.54) is 16.7 Å². The molecule has 0 amide bonds. The van der Waals surface area contributed by atoms with E-state index in [0.717, 1.165) is 32.1 Å². The van der Waals surface area contributed by atoms with Crippen molar-refractivity contribution in [1.29, 1.82) is 0 Å². The molecule has 0 fully saturated rings. The third-order valence-corrected chi connectivity index (χ3v) is 4.14. The number of nitrogens with two attached hydrogens (primary N) is 1. The average Bonchev–Trinajstić information content (AvgIpc) is 2.37. The van der Waals surface area contributed by atoms with Crippen molar-refractivity contribution in [3.8, 4) is 0 Å². The highest BCUT2D eigenvalue weighted by molar-refractivity contribution is 5.29. The lowest BCUT2D eigenvalue weighted by Gasteiger charge is -2.39. The summed E-state index contributed by atoms with van der Waals surface area (Å²) >= 11 is 0. The number of rotatable bonds is 9. The van der Waals surface area contributed by atoms with Gasteiger partial charge in [-0.1, -0.05) is 34.9 Å². The first-order valence-corrected chi connectivity index (χ1v) is 8.07. The number of nitrogens with one attached hydrogen (secondary N) is 1. The molecule has 0 radical (unpaired) electrons. The number of hydrogen-bond donors (Lipinski definition) is 2. The molecule has 0 saturated carbocycles. The first-order chi connectivity index (χ1) is 10.3. The molecule has 0 aromatic heterocycles. The molecule has 122 valence electrons. The van der Waals surface area contributed by atoms with Gasteiger partial charge in [0.25, 0.3) is 0 Å². The van der Waals surface area contributed by atoms with Gasteiger partial charge in [0.1, 0.15) is 0 Å². The van der Waals surface area contributed by atoms with Crippen LogP contribution in [0.1, 0.15) is 46.0 Å². The van der Waals surface area contributed by atoms with Gasteiger partial charge in [-0.05, 0) is 46.0 Å². The molecule has 1 aliphatic heterocycles. The monoisotopic (exact) mass is 300 g/mol. The minimum absolute atomic E-state index is 0.295. The molecule has 0 aliphatic carbocycles. The van der Waals surface area contributed by atoms with Gasteiger partial charge in [0.2, 0.25) is 0 Å². The zero-order chi connectivity index (χ0) is 16.8. The van der Waals surface area contributed by atoms with Crippen LogP contribution in [0.15, 0.2) is 61.3 Å². The molecule has 22 heavy (non-hydrogen) atoms. The molecule has 0 saturated heterocycles. The van der Waals surface area contributed by atoms with Crippen molar-refractivity contribution in [2.24, 2.45) is 5.73 Å². The Morgan fingerprint density at radius 1 is 1.23 bits per heavy atom. The van der Waals surface area contributed by atoms with Gasteiger partial charge >= 0.3 is 0 Å². The van der Waals surface area contributed by atoms with E-state index >= 15 is 0 Å². The highest BCUT2D eigenvalue weighted by atomic mass is 15.0. The fraction of sp³-hybridized carbons (Fsp3) is 0.500. The molecule has 1 rings (SSSR count). The first kappa shape index (κ1) is 18.7. The van der Waals surface area contributed by atoms with Gasteiger partial charge in [-0.2, -0.15) is 0 Å². The fourth-order valence-electron chi connectivity index (χ4n) is 3.26. The van der Waals surface area contributed by atoms with E-state index in [2.05, 4.69) is 51.6 Å². The highest BCUT2D eigenvalue weighted by Crippen LogP contribution is 2.32. The van der Waals surface area contributed by atoms with Crippen molar-refractivity contribution in [2.75, 3.05) is 0 Å². The van der Waals surface area contributed by atoms with E-state index in [0.29, 0.717) is 12.1 Å². The molecule has 0 unspecified atom stereocenters. The number of hydrogen-bond acceptors (Lipinski definition) is 2. The van der Waals surface area contributed by atoms with Crippen LogP contribution in [0.5, 0.6) is 0 Å². The summed E-state index contributed by atoms with van der Waals surface area (Å²) in [6.07, 6.45) is 10.5. The third-order valence-electron chi connectivity index (χ3n) is 4.14. The second-order valence-electron chi connectivity index (χ2n) is 6.83. The SMILES string of the molecule is C=CCC(N)(CC=C)C1=C[C@H](CC(=C)C)N[C@@H](CC(=C)C)C1. The van der Waals surface area contributed by atoms with Crippen LogP contribution < -0.4 is 11.1 Å². The minimum atomic E-state index is -0.369. The Morgan fingerprint density at radius 3 is 2.23 bits per heavy atom. The molecule has 2 nitrogen and oxygen atoms in total. The second kappa shape index (κ2) is 8.30. The Balaban J connectivity index is 3.06. The Bertz CT molecular complexity index is 460. The summed E-state index contributed by atoms with van der Waals surface area (Å²) in [4.78, 5) is 0. The Hall–Kier alpha value is -1.38. The molecule has 2 heteroatoms. The van der Waals surface area contributed by atoms with Crippen molar-refractivity contribution in [1.82, 2.24) is 5.32 Å². The first-order valence-electron chi connectivity index (χ1n) is 8.07. The van der Waals surface area contributed by atoms with E-state index < -0.39 is 0 Å². The predicted molar refractivity (Wildman–Crippen MR) is 98.8 cm³/mol. The molecular weight excluding hydrogens is 268 g/mol. The summed E-state index contributed by atoms with van der Waals surface area (Å²) in [5.74, 6) is 0. The van der Waals surface area contributed by atoms with Gasteiger partial charge in [0.15, 0.2) is 0 Å². The van der Waals surface area contributed by atoms with Crippen molar-refractivity contribution >= 4 is 0 Å². The van der Waals surface area contributed by atoms with Gasteiger partial charge < -0.3 is 11.1 Å². The molecule has 1 aliphatic rings. The van der Waals surface area contributed by atoms with Gasteiger partial charge in [0.05, 0.1) is 0 Å². The second-order valence-corrected chi connectivity index (χ2v) is 6.83. The molecule has 1 heterocycles. The standard InChI is InChI=1S/C20H32N2/c1-7-9-20(21,10-8-2)17-13-18(11-15(3)4)22-19(14-17)12-16(5)6/h7-8,13,18-19,22H,1-3,5,9-12,14,21H2,4,6H3/t18-,19-/m0/s1. The molecule has 0 spiro atoms. The van der Waals surface area contributed by atoms with Crippen molar-refractivity contribution < 1.29 is 0 Å². The summed E-state index contributed by atoms with van der Waals surface area (Å²) in [5, 5.41) is 3.70. The normalized spacial score (nSPS) is 21.9. The molecule has 2 atom stereocenters. The topological polar surface area (TPSA) is 38.0 Å². The zero-order valence-electron chi connectivity index (χ0n) is 14.3. The minimum Gasteiger partial charge on any atom is -0.321 e. The molecular formula is C20H32N2. The quantitative estimate of drug-likeness (QED) is 0.618. The van der Waals surface area contributed by atoms with Gasteiger partial charge in [0, 0.05) is 17.6 Å². The summed E-state index contributed by atoms with van der Waals surface area (Å²) < 4.78 is 0. The van der Waals surface area contributed by atoms with Crippen LogP contribution in [0.3, 0.4) is 0 Å². The van der Waals surface area contributed by atoms with Crippen molar-refractivity contribution in [3.05, 3.63) is 61.3 Å². The van der Waals surface area contributed by atoms with E-state index in [1.54, 1.807) is 0 Å². The van der Waals surface area contributed by atoms with E-state index in [9.17, 15) is 0 Å². The van der Waals surface area contributed by atoms with Crippen LogP contribution in [0.4, 0.5) is 0 Å². The lowest BCUT2D eigenvalue weighted by molar-refractivity contribution is 0.386. The fourth-order valence-corrected chi connectivity index (χ4v) is 3.26. The van der Waals surface area contributed by atoms with Gasteiger partial charge in [-0.3, -0.25) is 0 Å². The van der Waals surface area contributed by atoms with Crippen LogP contribution in [0.2, 0.25) is 0 Å². The molecule has 0 aromatic carbocycles. The van der Waals surface area contributed by atoms with Gasteiger partial charge in [-0.25, -0.2) is 0 Å². The Morgan fingerprint density at radius 2 is 1.77 bits per heavy atom. The Kier molecular flexibility index (Phi) is 7.05. The summed E-state index contributed by atoms with van der Waals surface area (Å²) in [6.45, 7) is 20.0. The van der Waals surface area contributed by atoms with Crippen LogP contribution in [-0.4, -0.2) is 17.6 Å².